The molecule has 1 atom stereocenters. The fraction of sp³-hybridized carbons (Fsp3) is 0.206. The van der Waals surface area contributed by atoms with Gasteiger partial charge in [-0.2, -0.15) is 5.10 Å². The number of carbonyl (C=O) groups excluding carboxylic acids is 1. The Balaban J connectivity index is 1.15. The van der Waals surface area contributed by atoms with Gasteiger partial charge in [-0.25, -0.2) is 13.4 Å². The number of aromatic nitrogens is 3. The summed E-state index contributed by atoms with van der Waals surface area (Å²) in [5.41, 5.74) is 4.69. The Morgan fingerprint density at radius 1 is 1.04 bits per heavy atom. The van der Waals surface area contributed by atoms with Crippen LogP contribution in [0.15, 0.2) is 99.8 Å². The molecule has 230 valence electrons. The fourth-order valence-electron chi connectivity index (χ4n) is 5.33. The highest BCUT2D eigenvalue weighted by molar-refractivity contribution is 7.91. The summed E-state index contributed by atoms with van der Waals surface area (Å²) in [6.07, 6.45) is 4.36. The van der Waals surface area contributed by atoms with Crippen molar-refractivity contribution in [2.24, 2.45) is 0 Å². The number of sulfone groups is 1. The molecule has 0 aliphatic carbocycles. The third-order valence-corrected chi connectivity index (χ3v) is 10.5. The maximum atomic E-state index is 12.4. The number of para-hydroxylation sites is 1. The van der Waals surface area contributed by atoms with E-state index in [4.69, 9.17) is 4.42 Å². The zero-order valence-electron chi connectivity index (χ0n) is 24.6. The zero-order chi connectivity index (χ0) is 31.4. The number of carbonyl (C=O) groups is 1. The Labute approximate surface area is 264 Å². The van der Waals surface area contributed by atoms with Gasteiger partial charge in [0.25, 0.3) is 5.91 Å². The quantitative estimate of drug-likeness (QED) is 0.121. The Bertz CT molecular complexity index is 2030. The van der Waals surface area contributed by atoms with Crippen LogP contribution in [0.4, 0.5) is 0 Å². The second-order valence-corrected chi connectivity index (χ2v) is 13.9. The smallest absolute Gasteiger partial charge is 0.255 e. The van der Waals surface area contributed by atoms with Gasteiger partial charge in [0.1, 0.15) is 17.0 Å². The first kappa shape index (κ1) is 30.3. The van der Waals surface area contributed by atoms with Crippen LogP contribution >= 0.6 is 11.3 Å². The molecule has 45 heavy (non-hydrogen) atoms. The molecular formula is C34H32N4O5S2. The number of oxazole rings is 1. The summed E-state index contributed by atoms with van der Waals surface area (Å²) in [6.45, 7) is 2.14. The van der Waals surface area contributed by atoms with E-state index in [2.05, 4.69) is 50.1 Å². The highest BCUT2D eigenvalue weighted by atomic mass is 32.2. The minimum atomic E-state index is -3.36. The Morgan fingerprint density at radius 2 is 1.87 bits per heavy atom. The molecule has 6 aromatic rings. The molecule has 0 saturated carbocycles. The number of nitrogens with zero attached hydrogens (tertiary/aromatic N) is 2. The lowest BCUT2D eigenvalue weighted by Crippen LogP contribution is -2.24. The molecule has 1 unspecified atom stereocenters. The number of amides is 1. The lowest BCUT2D eigenvalue weighted by Gasteiger charge is -2.17. The van der Waals surface area contributed by atoms with Gasteiger partial charge in [-0.15, -0.1) is 11.3 Å². The molecule has 0 bridgehead atoms. The average molecular weight is 641 g/mol. The summed E-state index contributed by atoms with van der Waals surface area (Å²) in [4.78, 5) is 18.5. The molecule has 0 aliphatic heterocycles. The molecule has 3 aromatic carbocycles. The molecule has 1 amide bonds. The number of nitrogens with one attached hydrogen (secondary N) is 2. The Hall–Kier alpha value is -4.74. The van der Waals surface area contributed by atoms with E-state index in [9.17, 15) is 18.3 Å². The zero-order valence-corrected chi connectivity index (χ0v) is 26.2. The van der Waals surface area contributed by atoms with Gasteiger partial charge in [-0.05, 0) is 60.2 Å². The molecule has 9 nitrogen and oxygen atoms in total. The molecule has 0 fully saturated rings. The van der Waals surface area contributed by atoms with Gasteiger partial charge in [-0.3, -0.25) is 9.89 Å². The summed E-state index contributed by atoms with van der Waals surface area (Å²) >= 11 is 1.73. The van der Waals surface area contributed by atoms with Crippen molar-refractivity contribution >= 4 is 38.2 Å². The number of hydrogen-bond donors (Lipinski definition) is 3. The third kappa shape index (κ3) is 6.54. The van der Waals surface area contributed by atoms with Crippen LogP contribution in [0, 0.1) is 0 Å². The lowest BCUT2D eigenvalue weighted by molar-refractivity contribution is 0.0950. The number of H-pyrrole nitrogens is 1. The van der Waals surface area contributed by atoms with Gasteiger partial charge in [0.2, 0.25) is 5.89 Å². The van der Waals surface area contributed by atoms with Crippen molar-refractivity contribution in [3.63, 3.8) is 0 Å². The highest BCUT2D eigenvalue weighted by Gasteiger charge is 2.20. The SMILES string of the molecule is CCS(=O)(=O)c1ccc2oc(-c3c[nH]nc3-c3ccc(C(CCCCNC(=O)c4ccccc4O)c4cccs4)cc3)nc2c1. The van der Waals surface area contributed by atoms with Crippen LogP contribution in [0.5, 0.6) is 5.75 Å². The number of phenolic OH excluding ortho intramolecular Hbond substituents is 1. The summed E-state index contributed by atoms with van der Waals surface area (Å²) in [5, 5.41) is 22.3. The summed E-state index contributed by atoms with van der Waals surface area (Å²) in [6, 6.07) is 23.8. The van der Waals surface area contributed by atoms with Crippen LogP contribution in [-0.2, 0) is 9.84 Å². The van der Waals surface area contributed by atoms with Gasteiger partial charge in [-0.1, -0.05) is 55.8 Å². The highest BCUT2D eigenvalue weighted by Crippen LogP contribution is 2.36. The number of unbranched alkanes of at least 4 members (excludes halogenated alkanes) is 1. The van der Waals surface area contributed by atoms with E-state index in [0.717, 1.165) is 24.8 Å². The van der Waals surface area contributed by atoms with Crippen molar-refractivity contribution < 1.29 is 22.7 Å². The molecule has 3 N–H and O–H groups in total. The fourth-order valence-corrected chi connectivity index (χ4v) is 7.12. The van der Waals surface area contributed by atoms with Crippen molar-refractivity contribution in [1.29, 1.82) is 0 Å². The van der Waals surface area contributed by atoms with E-state index < -0.39 is 9.84 Å². The average Bonchev–Trinajstić information content (AvgIpc) is 3.84. The van der Waals surface area contributed by atoms with Gasteiger partial charge in [0.05, 0.1) is 21.8 Å². The second kappa shape index (κ2) is 13.1. The number of hydrogen-bond acceptors (Lipinski definition) is 8. The summed E-state index contributed by atoms with van der Waals surface area (Å²) < 4.78 is 30.7. The molecule has 0 spiro atoms. The number of benzene rings is 3. The normalized spacial score (nSPS) is 12.4. The van der Waals surface area contributed by atoms with Crippen LogP contribution in [0.1, 0.15) is 52.9 Å². The number of thiophene rings is 1. The van der Waals surface area contributed by atoms with Gasteiger partial charge < -0.3 is 14.8 Å². The third-order valence-electron chi connectivity index (χ3n) is 7.80. The monoisotopic (exact) mass is 640 g/mol. The topological polar surface area (TPSA) is 138 Å². The van der Waals surface area contributed by atoms with E-state index in [1.165, 1.54) is 16.5 Å². The van der Waals surface area contributed by atoms with Crippen LogP contribution in [-0.4, -0.2) is 46.9 Å². The standard InChI is InChI=1S/C34H32N4O5S2/c1-2-45(41,42)24-16-17-30-28(20-24)37-34(43-30)27-21-36-38-32(27)23-14-12-22(13-15-23)25(31-11-7-19-44-31)8-5-6-18-35-33(40)26-9-3-4-10-29(26)39/h3-4,7,9-17,19-21,25,39H,2,5-6,8,18H2,1H3,(H,35,40)(H,36,38). The van der Waals surface area contributed by atoms with Crippen LogP contribution in [0.2, 0.25) is 0 Å². The van der Waals surface area contributed by atoms with Crippen molar-refractivity contribution in [3.8, 4) is 28.5 Å². The number of rotatable bonds is 12. The molecule has 6 rings (SSSR count). The molecular weight excluding hydrogens is 609 g/mol. The van der Waals surface area contributed by atoms with Crippen molar-refractivity contribution in [2.45, 2.75) is 37.0 Å². The van der Waals surface area contributed by atoms with Crippen LogP contribution in [0.25, 0.3) is 33.8 Å². The van der Waals surface area contributed by atoms with E-state index in [1.807, 2.05) is 12.1 Å². The minimum absolute atomic E-state index is 0.0114. The molecule has 3 heterocycles. The Kier molecular flexibility index (Phi) is 8.81. The maximum Gasteiger partial charge on any atom is 0.255 e. The van der Waals surface area contributed by atoms with Crippen molar-refractivity contribution in [1.82, 2.24) is 20.5 Å². The maximum absolute atomic E-state index is 12.4. The number of aromatic hydroxyl groups is 1. The minimum Gasteiger partial charge on any atom is -0.507 e. The molecule has 0 saturated heterocycles. The van der Waals surface area contributed by atoms with E-state index in [1.54, 1.807) is 60.9 Å². The second-order valence-electron chi connectivity index (χ2n) is 10.7. The van der Waals surface area contributed by atoms with Gasteiger partial charge in [0.15, 0.2) is 15.4 Å². The van der Waals surface area contributed by atoms with Crippen LogP contribution < -0.4 is 5.32 Å². The van der Waals surface area contributed by atoms with E-state index >= 15 is 0 Å². The molecule has 11 heteroatoms. The van der Waals surface area contributed by atoms with Gasteiger partial charge >= 0.3 is 0 Å². The van der Waals surface area contributed by atoms with E-state index in [-0.39, 0.29) is 33.8 Å². The Morgan fingerprint density at radius 3 is 2.62 bits per heavy atom. The summed E-state index contributed by atoms with van der Waals surface area (Å²) in [5.74, 6) is 0.276. The largest absolute Gasteiger partial charge is 0.507 e. The first-order valence-corrected chi connectivity index (χ1v) is 17.2. The van der Waals surface area contributed by atoms with Crippen molar-refractivity contribution in [3.05, 3.63) is 106 Å². The lowest BCUT2D eigenvalue weighted by atomic mass is 9.91. The number of fused-ring (bicyclic) bond motifs is 1. The first-order chi connectivity index (χ1) is 21.8. The number of aromatic amines is 1. The van der Waals surface area contributed by atoms with E-state index in [0.29, 0.717) is 34.8 Å². The van der Waals surface area contributed by atoms with Crippen LogP contribution in [0.3, 0.4) is 0 Å². The molecule has 0 radical (unpaired) electrons. The first-order valence-electron chi connectivity index (χ1n) is 14.7. The molecule has 3 aromatic heterocycles. The molecule has 0 aliphatic rings. The van der Waals surface area contributed by atoms with Gasteiger partial charge in [0, 0.05) is 29.1 Å². The number of phenols is 1. The van der Waals surface area contributed by atoms with Crippen molar-refractivity contribution in [2.75, 3.05) is 12.3 Å². The predicted molar refractivity (Wildman–Crippen MR) is 175 cm³/mol. The predicted octanol–water partition coefficient (Wildman–Crippen LogP) is 7.18. The summed E-state index contributed by atoms with van der Waals surface area (Å²) in [7, 11) is -3.36.